The van der Waals surface area contributed by atoms with Crippen molar-refractivity contribution in [2.75, 3.05) is 19.0 Å². The first-order valence-corrected chi connectivity index (χ1v) is 12.9. The van der Waals surface area contributed by atoms with E-state index < -0.39 is 11.6 Å². The first kappa shape index (κ1) is 27.6. The summed E-state index contributed by atoms with van der Waals surface area (Å²) in [5, 5.41) is 3.43. The van der Waals surface area contributed by atoms with Gasteiger partial charge in [-0.05, 0) is 83.8 Å². The highest BCUT2D eigenvalue weighted by Crippen LogP contribution is 2.24. The maximum Gasteiger partial charge on any atom is 0.323 e. The number of aromatic nitrogens is 1. The van der Waals surface area contributed by atoms with Crippen molar-refractivity contribution in [2.45, 2.75) is 116 Å². The number of ether oxygens (including phenoxy) is 2. The van der Waals surface area contributed by atoms with Crippen molar-refractivity contribution in [1.29, 1.82) is 0 Å². The fraction of sp³-hybridized carbons (Fsp3) is 0.778. The Morgan fingerprint density at radius 2 is 1.91 bits per heavy atom. The molecule has 3 N–H and O–H groups in total. The van der Waals surface area contributed by atoms with Gasteiger partial charge in [-0.2, -0.15) is 0 Å². The molecular formula is C27H47N3O3. The molecule has 33 heavy (non-hydrogen) atoms. The largest absolute Gasteiger partial charge is 0.459 e. The van der Waals surface area contributed by atoms with Gasteiger partial charge in [-0.1, -0.05) is 38.2 Å². The molecule has 0 aliphatic carbocycles. The predicted molar refractivity (Wildman–Crippen MR) is 135 cm³/mol. The summed E-state index contributed by atoms with van der Waals surface area (Å²) in [6.07, 6.45) is 12.1. The number of rotatable bonds is 14. The van der Waals surface area contributed by atoms with Crippen LogP contribution >= 0.6 is 0 Å². The molecule has 0 saturated carbocycles. The number of esters is 1. The maximum absolute atomic E-state index is 12.1. The molecule has 3 atom stereocenters. The molecule has 0 saturated heterocycles. The quantitative estimate of drug-likeness (QED) is 0.284. The van der Waals surface area contributed by atoms with Crippen LogP contribution in [0.15, 0.2) is 12.1 Å². The number of nitrogens with zero attached hydrogens (tertiary/aromatic N) is 1. The zero-order valence-corrected chi connectivity index (χ0v) is 21.6. The van der Waals surface area contributed by atoms with E-state index >= 15 is 0 Å². The number of nitrogens with one attached hydrogen (secondary N) is 1. The van der Waals surface area contributed by atoms with Gasteiger partial charge in [0.1, 0.15) is 17.5 Å². The van der Waals surface area contributed by atoms with E-state index in [0.717, 1.165) is 44.5 Å². The van der Waals surface area contributed by atoms with Gasteiger partial charge in [0.15, 0.2) is 0 Å². The molecule has 1 aliphatic heterocycles. The standard InChI is InChI=1S/C27H47N3O3/c1-20(32-5)19-21(12-9-15-24(28)26(31)33-27(2,3)4)11-7-6-8-14-23-17-16-22-13-10-18-29-25(22)30-23/h16-17,20-21,24H,6-15,18-19,28H2,1-5H3,(H,29,30)/t20-,21?,24+/m1/s1. The monoisotopic (exact) mass is 461 g/mol. The molecule has 1 aromatic rings. The minimum atomic E-state index is -0.539. The lowest BCUT2D eigenvalue weighted by Crippen LogP contribution is -2.37. The fourth-order valence-electron chi connectivity index (χ4n) is 4.49. The smallest absolute Gasteiger partial charge is 0.323 e. The number of carbonyl (C=O) groups excluding carboxylic acids is 1. The third-order valence-corrected chi connectivity index (χ3v) is 6.40. The number of pyridine rings is 1. The van der Waals surface area contributed by atoms with Crippen molar-refractivity contribution >= 4 is 11.8 Å². The van der Waals surface area contributed by atoms with Crippen molar-refractivity contribution in [2.24, 2.45) is 11.7 Å². The number of hydrogen-bond donors (Lipinski definition) is 2. The molecule has 1 unspecified atom stereocenters. The van der Waals surface area contributed by atoms with Crippen LogP contribution in [0.2, 0.25) is 0 Å². The summed E-state index contributed by atoms with van der Waals surface area (Å²) in [5.74, 6) is 1.39. The predicted octanol–water partition coefficient (Wildman–Crippen LogP) is 5.42. The summed E-state index contributed by atoms with van der Waals surface area (Å²) in [6.45, 7) is 8.79. The lowest BCUT2D eigenvalue weighted by Gasteiger charge is -2.23. The van der Waals surface area contributed by atoms with Crippen LogP contribution in [0.5, 0.6) is 0 Å². The number of anilines is 1. The molecule has 0 fully saturated rings. The van der Waals surface area contributed by atoms with Gasteiger partial charge in [0, 0.05) is 19.3 Å². The summed E-state index contributed by atoms with van der Waals surface area (Å²) < 4.78 is 10.9. The van der Waals surface area contributed by atoms with Crippen molar-refractivity contribution in [3.63, 3.8) is 0 Å². The SMILES string of the molecule is CO[C@H](C)CC(CCCCCc1ccc2c(n1)NCCC2)CCC[C@H](N)C(=O)OC(C)(C)C. The molecule has 6 nitrogen and oxygen atoms in total. The van der Waals surface area contributed by atoms with E-state index in [-0.39, 0.29) is 12.1 Å². The average molecular weight is 462 g/mol. The second-order valence-corrected chi connectivity index (χ2v) is 10.7. The van der Waals surface area contributed by atoms with E-state index in [4.69, 9.17) is 20.2 Å². The molecular weight excluding hydrogens is 414 g/mol. The number of nitrogens with two attached hydrogens (primary N) is 1. The molecule has 1 aliphatic rings. The first-order chi connectivity index (χ1) is 15.7. The van der Waals surface area contributed by atoms with Crippen LogP contribution in [-0.2, 0) is 27.1 Å². The van der Waals surface area contributed by atoms with Crippen molar-refractivity contribution in [1.82, 2.24) is 4.98 Å². The molecule has 2 rings (SSSR count). The Bertz CT molecular complexity index is 717. The van der Waals surface area contributed by atoms with Crippen LogP contribution in [0.3, 0.4) is 0 Å². The van der Waals surface area contributed by atoms with Gasteiger partial charge in [0.05, 0.1) is 6.10 Å². The molecule has 188 valence electrons. The van der Waals surface area contributed by atoms with Gasteiger partial charge in [0.2, 0.25) is 0 Å². The Balaban J connectivity index is 1.70. The molecule has 0 radical (unpaired) electrons. The molecule has 0 amide bonds. The van der Waals surface area contributed by atoms with Crippen LogP contribution in [0.25, 0.3) is 0 Å². The van der Waals surface area contributed by atoms with Crippen LogP contribution in [0, 0.1) is 5.92 Å². The topological polar surface area (TPSA) is 86.5 Å². The van der Waals surface area contributed by atoms with Gasteiger partial charge in [-0.3, -0.25) is 4.79 Å². The van der Waals surface area contributed by atoms with Crippen LogP contribution < -0.4 is 11.1 Å². The van der Waals surface area contributed by atoms with Gasteiger partial charge < -0.3 is 20.5 Å². The van der Waals surface area contributed by atoms with Gasteiger partial charge >= 0.3 is 5.97 Å². The number of hydrogen-bond acceptors (Lipinski definition) is 6. The third kappa shape index (κ3) is 10.9. The first-order valence-electron chi connectivity index (χ1n) is 12.9. The van der Waals surface area contributed by atoms with E-state index in [9.17, 15) is 4.79 Å². The van der Waals surface area contributed by atoms with E-state index in [1.807, 2.05) is 20.8 Å². The minimum Gasteiger partial charge on any atom is -0.459 e. The number of aryl methyl sites for hydroxylation is 2. The average Bonchev–Trinajstić information content (AvgIpc) is 2.77. The number of carbonyl (C=O) groups is 1. The van der Waals surface area contributed by atoms with Crippen molar-refractivity contribution in [3.8, 4) is 0 Å². The number of methoxy groups -OCH3 is 1. The van der Waals surface area contributed by atoms with Crippen LogP contribution in [-0.4, -0.2) is 42.4 Å². The maximum atomic E-state index is 12.1. The second kappa shape index (κ2) is 13.9. The van der Waals surface area contributed by atoms with E-state index in [1.165, 1.54) is 43.4 Å². The van der Waals surface area contributed by atoms with E-state index in [2.05, 4.69) is 24.4 Å². The molecule has 0 aromatic carbocycles. The van der Waals surface area contributed by atoms with Crippen molar-refractivity contribution < 1.29 is 14.3 Å². The Kier molecular flexibility index (Phi) is 11.6. The zero-order chi connectivity index (χ0) is 24.3. The summed E-state index contributed by atoms with van der Waals surface area (Å²) in [4.78, 5) is 16.9. The van der Waals surface area contributed by atoms with Gasteiger partial charge in [-0.25, -0.2) is 4.98 Å². The van der Waals surface area contributed by atoms with Crippen molar-refractivity contribution in [3.05, 3.63) is 23.4 Å². The summed E-state index contributed by atoms with van der Waals surface area (Å²) in [7, 11) is 1.78. The Labute approximate surface area is 201 Å². The summed E-state index contributed by atoms with van der Waals surface area (Å²) in [6, 6.07) is 3.90. The minimum absolute atomic E-state index is 0.252. The molecule has 6 heteroatoms. The van der Waals surface area contributed by atoms with E-state index in [0.29, 0.717) is 12.3 Å². The highest BCUT2D eigenvalue weighted by atomic mass is 16.6. The Morgan fingerprint density at radius 1 is 1.15 bits per heavy atom. The molecule has 1 aromatic heterocycles. The van der Waals surface area contributed by atoms with Gasteiger partial charge in [-0.15, -0.1) is 0 Å². The van der Waals surface area contributed by atoms with E-state index in [1.54, 1.807) is 7.11 Å². The summed E-state index contributed by atoms with van der Waals surface area (Å²) in [5.41, 5.74) is 8.13. The lowest BCUT2D eigenvalue weighted by molar-refractivity contribution is -0.156. The fourth-order valence-corrected chi connectivity index (χ4v) is 4.49. The highest BCUT2D eigenvalue weighted by molar-refractivity contribution is 5.75. The normalized spacial score (nSPS) is 16.4. The molecule has 2 heterocycles. The van der Waals surface area contributed by atoms with Crippen LogP contribution in [0.1, 0.15) is 96.7 Å². The lowest BCUT2D eigenvalue weighted by atomic mass is 9.89. The van der Waals surface area contributed by atoms with Gasteiger partial charge in [0.25, 0.3) is 0 Å². The number of unbranched alkanes of at least 4 members (excludes halogenated alkanes) is 2. The highest BCUT2D eigenvalue weighted by Gasteiger charge is 2.22. The van der Waals surface area contributed by atoms with Crippen LogP contribution in [0.4, 0.5) is 5.82 Å². The second-order valence-electron chi connectivity index (χ2n) is 10.7. The Morgan fingerprint density at radius 3 is 2.64 bits per heavy atom. The number of fused-ring (bicyclic) bond motifs is 1. The Hall–Kier alpha value is -1.66. The zero-order valence-electron chi connectivity index (χ0n) is 21.6. The molecule has 0 bridgehead atoms. The summed E-state index contributed by atoms with van der Waals surface area (Å²) >= 11 is 0. The third-order valence-electron chi connectivity index (χ3n) is 6.40. The molecule has 0 spiro atoms.